The molecule has 6 heteroatoms. The molecule has 0 aliphatic heterocycles. The number of carboxylic acid groups (broad SMARTS) is 1. The largest absolute Gasteiger partial charge is 0.481 e. The third-order valence-corrected chi connectivity index (χ3v) is 2.90. The van der Waals surface area contributed by atoms with Gasteiger partial charge in [-0.1, -0.05) is 12.1 Å². The van der Waals surface area contributed by atoms with Crippen LogP contribution >= 0.6 is 0 Å². The van der Waals surface area contributed by atoms with Gasteiger partial charge in [-0.05, 0) is 47.5 Å². The molecular weight excluding hydrogens is 272 g/mol. The fourth-order valence-electron chi connectivity index (χ4n) is 1.92. The summed E-state index contributed by atoms with van der Waals surface area (Å²) in [7, 11) is 0. The summed E-state index contributed by atoms with van der Waals surface area (Å²) in [6.45, 7) is 1.80. The van der Waals surface area contributed by atoms with Gasteiger partial charge in [0.25, 0.3) is 0 Å². The number of benzene rings is 2. The second-order valence-electron chi connectivity index (χ2n) is 4.59. The maximum Gasteiger partial charge on any atom is 0.307 e. The van der Waals surface area contributed by atoms with Gasteiger partial charge in [0.1, 0.15) is 5.75 Å². The Morgan fingerprint density at radius 1 is 1.24 bits per heavy atom. The number of carbonyl (C=O) groups is 1. The molecule has 2 aromatic carbocycles. The van der Waals surface area contributed by atoms with Crippen LogP contribution in [0.1, 0.15) is 11.1 Å². The number of ether oxygens (including phenoxy) is 1. The Hall–Kier alpha value is -2.89. The van der Waals surface area contributed by atoms with Crippen LogP contribution < -0.4 is 10.5 Å². The molecule has 0 aromatic heterocycles. The molecule has 0 saturated carbocycles. The molecule has 0 bridgehead atoms. The average molecular weight is 286 g/mol. The Balaban J connectivity index is 2.28. The molecule has 2 aromatic rings. The zero-order chi connectivity index (χ0) is 15.4. The van der Waals surface area contributed by atoms with E-state index in [2.05, 4.69) is 5.18 Å². The molecule has 0 atom stereocenters. The van der Waals surface area contributed by atoms with Crippen LogP contribution in [0, 0.1) is 11.8 Å². The van der Waals surface area contributed by atoms with Crippen molar-refractivity contribution in [2.45, 2.75) is 13.3 Å². The van der Waals surface area contributed by atoms with Crippen LogP contribution in [0.4, 0.5) is 11.4 Å². The molecule has 0 saturated heterocycles. The van der Waals surface area contributed by atoms with E-state index >= 15 is 0 Å². The third-order valence-electron chi connectivity index (χ3n) is 2.90. The van der Waals surface area contributed by atoms with Crippen molar-refractivity contribution in [2.75, 3.05) is 5.73 Å². The minimum atomic E-state index is -0.894. The van der Waals surface area contributed by atoms with Crippen molar-refractivity contribution in [1.29, 1.82) is 0 Å². The minimum Gasteiger partial charge on any atom is -0.481 e. The van der Waals surface area contributed by atoms with E-state index < -0.39 is 5.97 Å². The molecule has 0 unspecified atom stereocenters. The fraction of sp³-hybridized carbons (Fsp3) is 0.133. The summed E-state index contributed by atoms with van der Waals surface area (Å²) in [5.74, 6) is -0.0684. The highest BCUT2D eigenvalue weighted by Gasteiger charge is 2.09. The maximum absolute atomic E-state index is 10.8. The first-order valence-corrected chi connectivity index (χ1v) is 6.21. The van der Waals surface area contributed by atoms with E-state index in [1.807, 2.05) is 0 Å². The van der Waals surface area contributed by atoms with E-state index in [1.165, 1.54) is 6.07 Å². The number of nitrogens with zero attached hydrogens (tertiary/aromatic N) is 1. The fourth-order valence-corrected chi connectivity index (χ4v) is 1.92. The van der Waals surface area contributed by atoms with Gasteiger partial charge in [0, 0.05) is 5.69 Å². The van der Waals surface area contributed by atoms with Crippen molar-refractivity contribution >= 4 is 17.3 Å². The first-order valence-electron chi connectivity index (χ1n) is 6.21. The van der Waals surface area contributed by atoms with Crippen LogP contribution in [0.5, 0.6) is 11.5 Å². The monoisotopic (exact) mass is 286 g/mol. The maximum atomic E-state index is 10.8. The highest BCUT2D eigenvalue weighted by atomic mass is 16.5. The number of aryl methyl sites for hydroxylation is 1. The van der Waals surface area contributed by atoms with Crippen LogP contribution in [0.3, 0.4) is 0 Å². The quantitative estimate of drug-likeness (QED) is 0.647. The smallest absolute Gasteiger partial charge is 0.307 e. The lowest BCUT2D eigenvalue weighted by Gasteiger charge is -2.11. The summed E-state index contributed by atoms with van der Waals surface area (Å²) >= 11 is 0. The Labute approximate surface area is 121 Å². The van der Waals surface area contributed by atoms with Gasteiger partial charge in [0.2, 0.25) is 0 Å². The van der Waals surface area contributed by atoms with Gasteiger partial charge in [0.15, 0.2) is 11.4 Å². The number of hydrogen-bond donors (Lipinski definition) is 2. The second kappa shape index (κ2) is 6.04. The van der Waals surface area contributed by atoms with E-state index in [4.69, 9.17) is 15.6 Å². The molecule has 108 valence electrons. The summed E-state index contributed by atoms with van der Waals surface area (Å²) < 4.78 is 5.65. The van der Waals surface area contributed by atoms with Gasteiger partial charge in [0.05, 0.1) is 6.42 Å². The third kappa shape index (κ3) is 3.56. The van der Waals surface area contributed by atoms with Crippen LogP contribution in [0.15, 0.2) is 41.6 Å². The lowest BCUT2D eigenvalue weighted by molar-refractivity contribution is -0.136. The molecule has 2 rings (SSSR count). The number of carboxylic acids is 1. The topological polar surface area (TPSA) is 102 Å². The Kier molecular flexibility index (Phi) is 4.18. The standard InChI is InChI=1S/C15H14N2O4/c1-9-6-10(7-15(18)19)2-4-13(9)21-14-5-3-11(16)8-12(14)17-20/h2-6,8H,7,16H2,1H3,(H,18,19). The molecule has 0 amide bonds. The minimum absolute atomic E-state index is 0.0515. The predicted molar refractivity (Wildman–Crippen MR) is 78.9 cm³/mol. The number of aliphatic carboxylic acids is 1. The SMILES string of the molecule is Cc1cc(CC(=O)O)ccc1Oc1ccc(N)cc1N=O. The highest BCUT2D eigenvalue weighted by molar-refractivity contribution is 5.70. The van der Waals surface area contributed by atoms with E-state index in [-0.39, 0.29) is 12.1 Å². The molecule has 0 aliphatic rings. The second-order valence-corrected chi connectivity index (χ2v) is 4.59. The van der Waals surface area contributed by atoms with Gasteiger partial charge < -0.3 is 15.6 Å². The number of nitrogens with two attached hydrogens (primary N) is 1. The van der Waals surface area contributed by atoms with Crippen LogP contribution in [-0.4, -0.2) is 11.1 Å². The van der Waals surface area contributed by atoms with Gasteiger partial charge in [-0.3, -0.25) is 4.79 Å². The number of nitrogen functional groups attached to an aromatic ring is 1. The normalized spacial score (nSPS) is 10.1. The zero-order valence-electron chi connectivity index (χ0n) is 11.4. The molecule has 0 heterocycles. The average Bonchev–Trinajstić information content (AvgIpc) is 2.42. The van der Waals surface area contributed by atoms with Crippen molar-refractivity contribution in [2.24, 2.45) is 5.18 Å². The van der Waals surface area contributed by atoms with Crippen molar-refractivity contribution < 1.29 is 14.6 Å². The zero-order valence-corrected chi connectivity index (χ0v) is 11.4. The Morgan fingerprint density at radius 2 is 1.95 bits per heavy atom. The highest BCUT2D eigenvalue weighted by Crippen LogP contribution is 2.34. The van der Waals surface area contributed by atoms with Gasteiger partial charge >= 0.3 is 5.97 Å². The molecular formula is C15H14N2O4. The first-order chi connectivity index (χ1) is 9.99. The molecule has 0 fully saturated rings. The lowest BCUT2D eigenvalue weighted by atomic mass is 10.1. The molecule has 3 N–H and O–H groups in total. The molecule has 0 spiro atoms. The van der Waals surface area contributed by atoms with E-state index in [1.54, 1.807) is 37.3 Å². The Bertz CT molecular complexity index is 698. The van der Waals surface area contributed by atoms with E-state index in [9.17, 15) is 9.70 Å². The molecule has 21 heavy (non-hydrogen) atoms. The first kappa shape index (κ1) is 14.5. The van der Waals surface area contributed by atoms with Gasteiger partial charge in [-0.15, -0.1) is 4.91 Å². The van der Waals surface area contributed by atoms with Crippen LogP contribution in [-0.2, 0) is 11.2 Å². The van der Waals surface area contributed by atoms with Crippen molar-refractivity contribution in [3.8, 4) is 11.5 Å². The number of nitroso groups, excluding NO2 is 1. The number of rotatable bonds is 5. The van der Waals surface area contributed by atoms with Crippen LogP contribution in [0.2, 0.25) is 0 Å². The van der Waals surface area contributed by atoms with Crippen LogP contribution in [0.25, 0.3) is 0 Å². The Morgan fingerprint density at radius 3 is 2.57 bits per heavy atom. The summed E-state index contributed by atoms with van der Waals surface area (Å²) in [6.07, 6.45) is -0.0515. The predicted octanol–water partition coefficient (Wildman–Crippen LogP) is 3.39. The summed E-state index contributed by atoms with van der Waals surface area (Å²) in [5.41, 5.74) is 7.56. The summed E-state index contributed by atoms with van der Waals surface area (Å²) in [5, 5.41) is 11.6. The number of anilines is 1. The van der Waals surface area contributed by atoms with E-state index in [0.717, 1.165) is 5.56 Å². The summed E-state index contributed by atoms with van der Waals surface area (Å²) in [6, 6.07) is 9.67. The lowest BCUT2D eigenvalue weighted by Crippen LogP contribution is -2.00. The van der Waals surface area contributed by atoms with E-state index in [0.29, 0.717) is 22.7 Å². The van der Waals surface area contributed by atoms with Crippen molar-refractivity contribution in [3.05, 3.63) is 52.4 Å². The van der Waals surface area contributed by atoms with Crippen molar-refractivity contribution in [1.82, 2.24) is 0 Å². The van der Waals surface area contributed by atoms with Gasteiger partial charge in [-0.2, -0.15) is 0 Å². The van der Waals surface area contributed by atoms with Crippen molar-refractivity contribution in [3.63, 3.8) is 0 Å². The molecule has 6 nitrogen and oxygen atoms in total. The van der Waals surface area contributed by atoms with Gasteiger partial charge in [-0.25, -0.2) is 0 Å². The summed E-state index contributed by atoms with van der Waals surface area (Å²) in [4.78, 5) is 21.5. The molecule has 0 radical (unpaired) electrons. The number of hydrogen-bond acceptors (Lipinski definition) is 5. The molecule has 0 aliphatic carbocycles.